The van der Waals surface area contributed by atoms with E-state index in [1.807, 2.05) is 65.0 Å². The lowest BCUT2D eigenvalue weighted by Gasteiger charge is -2.38. The molecule has 1 rings (SSSR count). The van der Waals surface area contributed by atoms with E-state index in [-0.39, 0.29) is 0 Å². The smallest absolute Gasteiger partial charge is 0.310 e. The van der Waals surface area contributed by atoms with E-state index >= 15 is 0 Å². The summed E-state index contributed by atoms with van der Waals surface area (Å²) in [5.41, 5.74) is 0.678. The van der Waals surface area contributed by atoms with E-state index in [2.05, 4.69) is 6.58 Å². The van der Waals surface area contributed by atoms with E-state index in [9.17, 15) is 10.2 Å². The molecule has 0 aliphatic rings. The third-order valence-corrected chi connectivity index (χ3v) is 6.22. The minimum Gasteiger partial charge on any atom is -0.427 e. The standard InChI is InChI=1S/C23H38B2O4/c1-11-16-17(18(12-2)24-28-22(7,8)20(3,4)26)14-13-15-19(16)25-29-23(9,10)21(5,6)27/h11-15,24-27H,1H2,2-10H3/b18-12+. The molecule has 2 N–H and O–H groups in total. The molecular weight excluding hydrogens is 362 g/mol. The summed E-state index contributed by atoms with van der Waals surface area (Å²) in [6.07, 6.45) is 3.85. The van der Waals surface area contributed by atoms with Gasteiger partial charge in [0.2, 0.25) is 0 Å². The number of aliphatic hydroxyl groups is 2. The molecule has 0 atom stereocenters. The number of hydrogen-bond acceptors (Lipinski definition) is 4. The number of rotatable bonds is 10. The maximum atomic E-state index is 10.4. The predicted octanol–water partition coefficient (Wildman–Crippen LogP) is 3.15. The first-order valence-corrected chi connectivity index (χ1v) is 10.2. The molecular formula is C23H38B2O4. The monoisotopic (exact) mass is 400 g/mol. The summed E-state index contributed by atoms with van der Waals surface area (Å²) in [6, 6.07) is 6.04. The Hall–Kier alpha value is -1.33. The normalized spacial score (nSPS) is 14.0. The first-order valence-electron chi connectivity index (χ1n) is 10.2. The second-order valence-electron chi connectivity index (χ2n) is 9.61. The third-order valence-electron chi connectivity index (χ3n) is 6.22. The van der Waals surface area contributed by atoms with Crippen molar-refractivity contribution in [2.75, 3.05) is 0 Å². The van der Waals surface area contributed by atoms with Gasteiger partial charge < -0.3 is 19.5 Å². The number of allylic oxidation sites excluding steroid dienone is 1. The fourth-order valence-corrected chi connectivity index (χ4v) is 2.45. The van der Waals surface area contributed by atoms with Crippen molar-refractivity contribution in [3.63, 3.8) is 0 Å². The van der Waals surface area contributed by atoms with Crippen LogP contribution >= 0.6 is 0 Å². The lowest BCUT2D eigenvalue weighted by atomic mass is 9.73. The fourth-order valence-electron chi connectivity index (χ4n) is 2.45. The van der Waals surface area contributed by atoms with E-state index in [1.54, 1.807) is 27.7 Å². The van der Waals surface area contributed by atoms with Crippen LogP contribution < -0.4 is 5.46 Å². The lowest BCUT2D eigenvalue weighted by Crippen LogP contribution is -2.49. The topological polar surface area (TPSA) is 58.9 Å². The van der Waals surface area contributed by atoms with Gasteiger partial charge >= 0.3 is 15.0 Å². The van der Waals surface area contributed by atoms with Crippen molar-refractivity contribution in [2.24, 2.45) is 0 Å². The Morgan fingerprint density at radius 2 is 1.45 bits per heavy atom. The first kappa shape index (κ1) is 25.7. The highest BCUT2D eigenvalue weighted by Gasteiger charge is 2.37. The highest BCUT2D eigenvalue weighted by Crippen LogP contribution is 2.28. The largest absolute Gasteiger partial charge is 0.427 e. The molecule has 0 amide bonds. The van der Waals surface area contributed by atoms with Gasteiger partial charge in [0, 0.05) is 0 Å². The van der Waals surface area contributed by atoms with E-state index in [4.69, 9.17) is 9.31 Å². The van der Waals surface area contributed by atoms with E-state index < -0.39 is 22.4 Å². The Kier molecular flexibility index (Phi) is 8.17. The van der Waals surface area contributed by atoms with Crippen LogP contribution in [0.1, 0.15) is 73.4 Å². The number of benzene rings is 1. The molecule has 0 fully saturated rings. The average Bonchev–Trinajstić information content (AvgIpc) is 2.58. The van der Waals surface area contributed by atoms with E-state index in [1.165, 1.54) is 0 Å². The van der Waals surface area contributed by atoms with Crippen LogP contribution in [0.25, 0.3) is 11.5 Å². The Morgan fingerprint density at radius 3 is 1.90 bits per heavy atom. The summed E-state index contributed by atoms with van der Waals surface area (Å²) in [4.78, 5) is 0. The molecule has 0 aromatic heterocycles. The van der Waals surface area contributed by atoms with Crippen LogP contribution in [0.3, 0.4) is 0 Å². The molecule has 29 heavy (non-hydrogen) atoms. The summed E-state index contributed by atoms with van der Waals surface area (Å²) in [5.74, 6) is 0. The summed E-state index contributed by atoms with van der Waals surface area (Å²) >= 11 is 0. The highest BCUT2D eigenvalue weighted by atomic mass is 16.5. The molecule has 1 aromatic rings. The maximum absolute atomic E-state index is 10.4. The molecule has 4 nitrogen and oxygen atoms in total. The molecule has 1 aromatic carbocycles. The average molecular weight is 400 g/mol. The van der Waals surface area contributed by atoms with Gasteiger partial charge in [0.25, 0.3) is 0 Å². The molecule has 0 aliphatic heterocycles. The van der Waals surface area contributed by atoms with Crippen molar-refractivity contribution in [1.82, 2.24) is 0 Å². The summed E-state index contributed by atoms with van der Waals surface area (Å²) < 4.78 is 12.2. The Bertz CT molecular complexity index is 738. The van der Waals surface area contributed by atoms with Gasteiger partial charge in [-0.25, -0.2) is 0 Å². The van der Waals surface area contributed by atoms with Gasteiger partial charge in [-0.15, -0.1) is 0 Å². The molecule has 0 saturated carbocycles. The van der Waals surface area contributed by atoms with Crippen molar-refractivity contribution in [3.05, 3.63) is 42.0 Å². The van der Waals surface area contributed by atoms with Gasteiger partial charge in [0.15, 0.2) is 0 Å². The third kappa shape index (κ3) is 6.32. The zero-order valence-electron chi connectivity index (χ0n) is 19.7. The second kappa shape index (κ2) is 9.22. The molecule has 160 valence electrons. The molecule has 0 unspecified atom stereocenters. The van der Waals surface area contributed by atoms with Crippen LogP contribution in [0.4, 0.5) is 0 Å². The molecule has 0 heterocycles. The highest BCUT2D eigenvalue weighted by molar-refractivity contribution is 6.56. The maximum Gasteiger partial charge on any atom is 0.310 e. The molecule has 0 spiro atoms. The minimum atomic E-state index is -0.968. The molecule has 0 bridgehead atoms. The van der Waals surface area contributed by atoms with Crippen molar-refractivity contribution < 1.29 is 19.5 Å². The Labute approximate surface area is 178 Å². The van der Waals surface area contributed by atoms with Gasteiger partial charge in [0.1, 0.15) is 0 Å². The molecule has 0 radical (unpaired) electrons. The SMILES string of the molecule is C=Cc1c(BOC(C)(C)C(C)(C)O)cccc1/C(BOC(C)(C)C(C)(C)O)=C\C. The molecule has 0 aliphatic carbocycles. The van der Waals surface area contributed by atoms with Gasteiger partial charge in [-0.3, -0.25) is 0 Å². The second-order valence-corrected chi connectivity index (χ2v) is 9.61. The first-order chi connectivity index (χ1) is 13.1. The fraction of sp³-hybridized carbons (Fsp3) is 0.565. The minimum absolute atomic E-state index is 0.360. The Balaban J connectivity index is 3.14. The summed E-state index contributed by atoms with van der Waals surface area (Å²) in [5, 5.41) is 20.7. The van der Waals surface area contributed by atoms with E-state index in [0.717, 1.165) is 22.1 Å². The van der Waals surface area contributed by atoms with Crippen molar-refractivity contribution in [3.8, 4) is 0 Å². The quantitative estimate of drug-likeness (QED) is 0.593. The van der Waals surface area contributed by atoms with Gasteiger partial charge in [-0.05, 0) is 84.4 Å². The van der Waals surface area contributed by atoms with Crippen molar-refractivity contribution >= 4 is 32.0 Å². The van der Waals surface area contributed by atoms with Gasteiger partial charge in [-0.2, -0.15) is 0 Å². The number of hydrogen-bond donors (Lipinski definition) is 2. The van der Waals surface area contributed by atoms with Crippen LogP contribution in [0, 0.1) is 0 Å². The lowest BCUT2D eigenvalue weighted by molar-refractivity contribution is -0.0893. The van der Waals surface area contributed by atoms with Crippen LogP contribution in [0.5, 0.6) is 0 Å². The van der Waals surface area contributed by atoms with Crippen LogP contribution in [-0.4, -0.2) is 47.6 Å². The Morgan fingerprint density at radius 1 is 0.931 bits per heavy atom. The predicted molar refractivity (Wildman–Crippen MR) is 127 cm³/mol. The van der Waals surface area contributed by atoms with Gasteiger partial charge in [0.05, 0.1) is 22.4 Å². The zero-order valence-corrected chi connectivity index (χ0v) is 19.7. The van der Waals surface area contributed by atoms with Gasteiger partial charge in [-0.1, -0.05) is 36.9 Å². The van der Waals surface area contributed by atoms with Crippen molar-refractivity contribution in [2.45, 2.75) is 84.7 Å². The summed E-state index contributed by atoms with van der Waals surface area (Å²) in [6.45, 7) is 20.5. The summed E-state index contributed by atoms with van der Waals surface area (Å²) in [7, 11) is 0.729. The van der Waals surface area contributed by atoms with Crippen LogP contribution in [-0.2, 0) is 9.31 Å². The van der Waals surface area contributed by atoms with Crippen LogP contribution in [0.15, 0.2) is 30.9 Å². The molecule has 0 saturated heterocycles. The van der Waals surface area contributed by atoms with Crippen molar-refractivity contribution in [1.29, 1.82) is 0 Å². The zero-order chi connectivity index (χ0) is 22.7. The van der Waals surface area contributed by atoms with E-state index in [0.29, 0.717) is 15.0 Å². The van der Waals surface area contributed by atoms with Crippen LogP contribution in [0.2, 0.25) is 0 Å². The molecule has 6 heteroatoms.